The number of aryl methyl sites for hydroxylation is 1. The number of imide groups is 1. The molecule has 2 amide bonds. The molecular formula is C13H12N4O3. The largest absolute Gasteiger partial charge is 0.424 e. The molecule has 2 aromatic rings. The summed E-state index contributed by atoms with van der Waals surface area (Å²) >= 11 is 0. The number of aromatic nitrogens is 2. The number of rotatable bonds is 3. The summed E-state index contributed by atoms with van der Waals surface area (Å²) in [5.41, 5.74) is 1.55. The van der Waals surface area contributed by atoms with Crippen LogP contribution >= 0.6 is 0 Å². The molecule has 0 atom stereocenters. The first-order chi connectivity index (χ1) is 9.56. The van der Waals surface area contributed by atoms with E-state index >= 15 is 0 Å². The highest BCUT2D eigenvalue weighted by Gasteiger charge is 2.32. The SMILES string of the molecule is Cc1nnc(CNc2ccc3c(c2)C(=O)N(C)C3=O)o1. The van der Waals surface area contributed by atoms with Crippen LogP contribution in [0.5, 0.6) is 0 Å². The fourth-order valence-electron chi connectivity index (χ4n) is 2.06. The molecule has 2 heterocycles. The van der Waals surface area contributed by atoms with E-state index in [0.717, 1.165) is 10.6 Å². The number of hydrogen-bond acceptors (Lipinski definition) is 6. The fraction of sp³-hybridized carbons (Fsp3) is 0.231. The Hall–Kier alpha value is -2.70. The van der Waals surface area contributed by atoms with Crippen LogP contribution in [0.3, 0.4) is 0 Å². The summed E-state index contributed by atoms with van der Waals surface area (Å²) in [4.78, 5) is 24.7. The van der Waals surface area contributed by atoms with Gasteiger partial charge in [0.25, 0.3) is 11.8 Å². The molecule has 7 heteroatoms. The lowest BCUT2D eigenvalue weighted by Crippen LogP contribution is -2.24. The van der Waals surface area contributed by atoms with Gasteiger partial charge in [-0.1, -0.05) is 0 Å². The van der Waals surface area contributed by atoms with Gasteiger partial charge in [0.15, 0.2) is 0 Å². The lowest BCUT2D eigenvalue weighted by molar-refractivity contribution is 0.0693. The quantitative estimate of drug-likeness (QED) is 0.845. The van der Waals surface area contributed by atoms with E-state index in [-0.39, 0.29) is 11.8 Å². The zero-order valence-electron chi connectivity index (χ0n) is 11.0. The molecule has 0 radical (unpaired) electrons. The molecule has 3 rings (SSSR count). The summed E-state index contributed by atoms with van der Waals surface area (Å²) in [6, 6.07) is 5.04. The van der Waals surface area contributed by atoms with E-state index in [9.17, 15) is 9.59 Å². The van der Waals surface area contributed by atoms with Gasteiger partial charge in [0, 0.05) is 19.7 Å². The van der Waals surface area contributed by atoms with Gasteiger partial charge in [-0.2, -0.15) is 0 Å². The number of fused-ring (bicyclic) bond motifs is 1. The number of benzene rings is 1. The topological polar surface area (TPSA) is 88.3 Å². The summed E-state index contributed by atoms with van der Waals surface area (Å²) in [5.74, 6) is 0.395. The molecule has 1 aromatic carbocycles. The lowest BCUT2D eigenvalue weighted by Gasteiger charge is -2.04. The van der Waals surface area contributed by atoms with Gasteiger partial charge in [-0.05, 0) is 18.2 Å². The van der Waals surface area contributed by atoms with Crippen molar-refractivity contribution in [2.45, 2.75) is 13.5 Å². The monoisotopic (exact) mass is 272 g/mol. The van der Waals surface area contributed by atoms with Gasteiger partial charge >= 0.3 is 0 Å². The van der Waals surface area contributed by atoms with Gasteiger partial charge in [0.1, 0.15) is 0 Å². The van der Waals surface area contributed by atoms with Gasteiger partial charge in [-0.3, -0.25) is 14.5 Å². The molecule has 0 bridgehead atoms. The number of carbonyl (C=O) groups is 2. The first-order valence-corrected chi connectivity index (χ1v) is 6.05. The first-order valence-electron chi connectivity index (χ1n) is 6.05. The molecule has 20 heavy (non-hydrogen) atoms. The summed E-state index contributed by atoms with van der Waals surface area (Å²) in [6.07, 6.45) is 0. The highest BCUT2D eigenvalue weighted by molar-refractivity contribution is 6.21. The summed E-state index contributed by atoms with van der Waals surface area (Å²) in [6.45, 7) is 2.07. The van der Waals surface area contributed by atoms with Gasteiger partial charge < -0.3 is 9.73 Å². The van der Waals surface area contributed by atoms with E-state index in [4.69, 9.17) is 4.42 Å². The Morgan fingerprint density at radius 3 is 2.65 bits per heavy atom. The van der Waals surface area contributed by atoms with Crippen LogP contribution in [0, 0.1) is 6.92 Å². The standard InChI is InChI=1S/C13H12N4O3/c1-7-15-16-11(20-7)6-14-8-3-4-9-10(5-8)13(19)17(2)12(9)18/h3-5,14H,6H2,1-2H3. The molecule has 0 saturated carbocycles. The molecule has 0 fully saturated rings. The number of carbonyl (C=O) groups excluding carboxylic acids is 2. The molecule has 1 aromatic heterocycles. The number of nitrogens with zero attached hydrogens (tertiary/aromatic N) is 3. The van der Waals surface area contributed by atoms with E-state index < -0.39 is 0 Å². The van der Waals surface area contributed by atoms with Gasteiger partial charge in [0.05, 0.1) is 17.7 Å². The predicted octanol–water partition coefficient (Wildman–Crippen LogP) is 1.22. The average molecular weight is 272 g/mol. The summed E-state index contributed by atoms with van der Waals surface area (Å²) in [7, 11) is 1.47. The minimum atomic E-state index is -0.290. The van der Waals surface area contributed by atoms with Crippen LogP contribution < -0.4 is 5.32 Å². The molecular weight excluding hydrogens is 260 g/mol. The number of anilines is 1. The highest BCUT2D eigenvalue weighted by Crippen LogP contribution is 2.24. The molecule has 0 unspecified atom stereocenters. The van der Waals surface area contributed by atoms with Crippen molar-refractivity contribution in [1.29, 1.82) is 0 Å². The lowest BCUT2D eigenvalue weighted by atomic mass is 10.1. The maximum Gasteiger partial charge on any atom is 0.261 e. The van der Waals surface area contributed by atoms with E-state index in [0.29, 0.717) is 29.5 Å². The predicted molar refractivity (Wildman–Crippen MR) is 69.2 cm³/mol. The number of hydrogen-bond donors (Lipinski definition) is 1. The van der Waals surface area contributed by atoms with Gasteiger partial charge in [0.2, 0.25) is 11.8 Å². The van der Waals surface area contributed by atoms with Crippen LogP contribution in [0.25, 0.3) is 0 Å². The Morgan fingerprint density at radius 2 is 1.95 bits per heavy atom. The summed E-state index contributed by atoms with van der Waals surface area (Å²) < 4.78 is 5.24. The van der Waals surface area contributed by atoms with Crippen molar-refractivity contribution in [1.82, 2.24) is 15.1 Å². The third-order valence-corrected chi connectivity index (χ3v) is 3.10. The second-order valence-electron chi connectivity index (χ2n) is 4.50. The van der Waals surface area contributed by atoms with Crippen LogP contribution in [0.1, 0.15) is 32.5 Å². The van der Waals surface area contributed by atoms with Crippen LogP contribution in [0.4, 0.5) is 5.69 Å². The number of nitrogens with one attached hydrogen (secondary N) is 1. The summed E-state index contributed by atoms with van der Waals surface area (Å²) in [5, 5.41) is 10.7. The highest BCUT2D eigenvalue weighted by atomic mass is 16.4. The molecule has 1 aliphatic heterocycles. The normalized spacial score (nSPS) is 13.8. The van der Waals surface area contributed by atoms with Gasteiger partial charge in [-0.15, -0.1) is 10.2 Å². The maximum atomic E-state index is 11.9. The third-order valence-electron chi connectivity index (χ3n) is 3.10. The van der Waals surface area contributed by atoms with E-state index in [1.807, 2.05) is 0 Å². The van der Waals surface area contributed by atoms with Crippen LogP contribution in [0.2, 0.25) is 0 Å². The minimum absolute atomic E-state index is 0.274. The Balaban J connectivity index is 1.80. The molecule has 0 spiro atoms. The van der Waals surface area contributed by atoms with Crippen molar-refractivity contribution < 1.29 is 14.0 Å². The Labute approximate surface area is 114 Å². The second-order valence-corrected chi connectivity index (χ2v) is 4.50. The van der Waals surface area contributed by atoms with Gasteiger partial charge in [-0.25, -0.2) is 0 Å². The Bertz CT molecular complexity index is 707. The molecule has 7 nitrogen and oxygen atoms in total. The van der Waals surface area contributed by atoms with Crippen molar-refractivity contribution in [3.05, 3.63) is 41.1 Å². The van der Waals surface area contributed by atoms with Crippen molar-refractivity contribution in [3.8, 4) is 0 Å². The van der Waals surface area contributed by atoms with Crippen molar-refractivity contribution in [2.75, 3.05) is 12.4 Å². The average Bonchev–Trinajstić information content (AvgIpc) is 2.95. The number of amides is 2. The second kappa shape index (κ2) is 4.44. The minimum Gasteiger partial charge on any atom is -0.424 e. The first kappa shape index (κ1) is 12.3. The fourth-order valence-corrected chi connectivity index (χ4v) is 2.06. The third kappa shape index (κ3) is 1.93. The molecule has 102 valence electrons. The molecule has 1 aliphatic rings. The zero-order valence-corrected chi connectivity index (χ0v) is 11.0. The molecule has 0 saturated heterocycles. The smallest absolute Gasteiger partial charge is 0.261 e. The van der Waals surface area contributed by atoms with Crippen molar-refractivity contribution >= 4 is 17.5 Å². The van der Waals surface area contributed by atoms with Crippen LogP contribution in [-0.4, -0.2) is 34.0 Å². The van der Waals surface area contributed by atoms with Crippen LogP contribution in [-0.2, 0) is 6.54 Å². The molecule has 0 aliphatic carbocycles. The van der Waals surface area contributed by atoms with Crippen LogP contribution in [0.15, 0.2) is 22.6 Å². The maximum absolute atomic E-state index is 11.9. The van der Waals surface area contributed by atoms with E-state index in [2.05, 4.69) is 15.5 Å². The zero-order chi connectivity index (χ0) is 14.3. The van der Waals surface area contributed by atoms with E-state index in [1.165, 1.54) is 7.05 Å². The Morgan fingerprint density at radius 1 is 1.20 bits per heavy atom. The van der Waals surface area contributed by atoms with E-state index in [1.54, 1.807) is 25.1 Å². The van der Waals surface area contributed by atoms with Crippen molar-refractivity contribution in [2.24, 2.45) is 0 Å². The Kier molecular flexibility index (Phi) is 2.74. The van der Waals surface area contributed by atoms with Crippen molar-refractivity contribution in [3.63, 3.8) is 0 Å². The molecule has 1 N–H and O–H groups in total.